The molecule has 0 aromatic carbocycles. The van der Waals surface area contributed by atoms with Crippen LogP contribution in [0.4, 0.5) is 0 Å². The summed E-state index contributed by atoms with van der Waals surface area (Å²) in [6.07, 6.45) is 1.08. The molecule has 0 aromatic heterocycles. The molecule has 0 aliphatic carbocycles. The standard InChI is InChI=1S/C5H10Cl2N2/c6-5-4-8-2-1-3-9(5)7/h5,8H,1-4H2. The van der Waals surface area contributed by atoms with Gasteiger partial charge in [0.05, 0.1) is 0 Å². The summed E-state index contributed by atoms with van der Waals surface area (Å²) in [5.74, 6) is 0. The van der Waals surface area contributed by atoms with E-state index in [2.05, 4.69) is 5.32 Å². The molecule has 9 heavy (non-hydrogen) atoms. The number of nitrogens with zero attached hydrogens (tertiary/aromatic N) is 1. The number of nitrogens with one attached hydrogen (secondary N) is 1. The van der Waals surface area contributed by atoms with Crippen molar-refractivity contribution in [3.05, 3.63) is 0 Å². The van der Waals surface area contributed by atoms with Crippen LogP contribution in [0.1, 0.15) is 6.42 Å². The minimum atomic E-state index is -0.0471. The van der Waals surface area contributed by atoms with Crippen molar-refractivity contribution in [2.75, 3.05) is 19.6 Å². The molecular weight excluding hydrogens is 159 g/mol. The largest absolute Gasteiger partial charge is 0.314 e. The molecular formula is C5H10Cl2N2. The quantitative estimate of drug-likeness (QED) is 0.330. The van der Waals surface area contributed by atoms with Crippen molar-refractivity contribution in [2.45, 2.75) is 11.9 Å². The SMILES string of the molecule is ClC1CNCCCN1Cl. The van der Waals surface area contributed by atoms with Crippen LogP contribution in [-0.2, 0) is 0 Å². The third-order valence-corrected chi connectivity index (χ3v) is 2.24. The number of alkyl halides is 1. The van der Waals surface area contributed by atoms with Gasteiger partial charge in [0.1, 0.15) is 5.50 Å². The van der Waals surface area contributed by atoms with E-state index in [4.69, 9.17) is 23.4 Å². The van der Waals surface area contributed by atoms with Crippen LogP contribution < -0.4 is 5.32 Å². The van der Waals surface area contributed by atoms with Crippen LogP contribution in [0, 0.1) is 0 Å². The van der Waals surface area contributed by atoms with Crippen LogP contribution in [0.15, 0.2) is 0 Å². The Morgan fingerprint density at radius 3 is 3.11 bits per heavy atom. The van der Waals surface area contributed by atoms with Crippen molar-refractivity contribution in [1.82, 2.24) is 9.74 Å². The summed E-state index contributed by atoms with van der Waals surface area (Å²) in [6.45, 7) is 2.68. The van der Waals surface area contributed by atoms with Crippen molar-refractivity contribution < 1.29 is 0 Å². The number of halogens is 2. The number of hydrogen-bond acceptors (Lipinski definition) is 2. The molecule has 0 spiro atoms. The van der Waals surface area contributed by atoms with Crippen LogP contribution in [-0.4, -0.2) is 29.6 Å². The Morgan fingerprint density at radius 1 is 1.56 bits per heavy atom. The molecule has 0 bridgehead atoms. The van der Waals surface area contributed by atoms with Gasteiger partial charge in [0.25, 0.3) is 0 Å². The third-order valence-electron chi connectivity index (χ3n) is 1.34. The third kappa shape index (κ3) is 2.30. The molecule has 2 nitrogen and oxygen atoms in total. The Kier molecular flexibility index (Phi) is 3.06. The summed E-state index contributed by atoms with van der Waals surface area (Å²) in [6, 6.07) is 0. The highest BCUT2D eigenvalue weighted by Gasteiger charge is 2.14. The zero-order valence-electron chi connectivity index (χ0n) is 5.11. The topological polar surface area (TPSA) is 15.3 Å². The van der Waals surface area contributed by atoms with E-state index in [9.17, 15) is 0 Å². The Bertz CT molecular complexity index is 79.0. The van der Waals surface area contributed by atoms with Crippen LogP contribution in [0.3, 0.4) is 0 Å². The van der Waals surface area contributed by atoms with Crippen LogP contribution in [0.2, 0.25) is 0 Å². The van der Waals surface area contributed by atoms with E-state index in [1.54, 1.807) is 4.42 Å². The number of hydrogen-bond donors (Lipinski definition) is 1. The molecule has 54 valence electrons. The van der Waals surface area contributed by atoms with Crippen molar-refractivity contribution in [2.24, 2.45) is 0 Å². The van der Waals surface area contributed by atoms with Gasteiger partial charge in [0, 0.05) is 13.1 Å². The van der Waals surface area contributed by atoms with E-state index < -0.39 is 0 Å². The monoisotopic (exact) mass is 168 g/mol. The molecule has 0 saturated carbocycles. The van der Waals surface area contributed by atoms with E-state index in [-0.39, 0.29) is 5.50 Å². The van der Waals surface area contributed by atoms with E-state index in [0.717, 1.165) is 26.1 Å². The van der Waals surface area contributed by atoms with Crippen molar-refractivity contribution >= 4 is 23.4 Å². The normalized spacial score (nSPS) is 32.0. The summed E-state index contributed by atoms with van der Waals surface area (Å²) in [5, 5.41) is 3.17. The first kappa shape index (κ1) is 7.61. The summed E-state index contributed by atoms with van der Waals surface area (Å²) in [4.78, 5) is 0. The van der Waals surface area contributed by atoms with E-state index >= 15 is 0 Å². The minimum Gasteiger partial charge on any atom is -0.314 e. The van der Waals surface area contributed by atoms with Gasteiger partial charge in [-0.05, 0) is 24.7 Å². The Morgan fingerprint density at radius 2 is 2.33 bits per heavy atom. The lowest BCUT2D eigenvalue weighted by Crippen LogP contribution is -2.28. The van der Waals surface area contributed by atoms with Crippen LogP contribution in [0.5, 0.6) is 0 Å². The van der Waals surface area contributed by atoms with E-state index in [0.29, 0.717) is 0 Å². The van der Waals surface area contributed by atoms with Gasteiger partial charge in [-0.25, -0.2) is 4.42 Å². The molecule has 1 aliphatic rings. The zero-order chi connectivity index (χ0) is 6.69. The van der Waals surface area contributed by atoms with E-state index in [1.165, 1.54) is 0 Å². The average molecular weight is 169 g/mol. The molecule has 0 aromatic rings. The maximum atomic E-state index is 5.80. The highest BCUT2D eigenvalue weighted by atomic mass is 35.5. The lowest BCUT2D eigenvalue weighted by Gasteiger charge is -2.14. The van der Waals surface area contributed by atoms with Crippen molar-refractivity contribution in [3.8, 4) is 0 Å². The fourth-order valence-electron chi connectivity index (χ4n) is 0.815. The molecule has 4 heteroatoms. The average Bonchev–Trinajstić information content (AvgIpc) is 1.99. The molecule has 1 rings (SSSR count). The van der Waals surface area contributed by atoms with Gasteiger partial charge >= 0.3 is 0 Å². The predicted octanol–water partition coefficient (Wildman–Crippen LogP) is 1.00. The first-order valence-corrected chi connectivity index (χ1v) is 3.85. The second-order valence-electron chi connectivity index (χ2n) is 2.12. The molecule has 1 saturated heterocycles. The summed E-state index contributed by atoms with van der Waals surface area (Å²) >= 11 is 11.5. The fourth-order valence-corrected chi connectivity index (χ4v) is 1.21. The first-order chi connectivity index (χ1) is 4.30. The summed E-state index contributed by atoms with van der Waals surface area (Å²) in [5.41, 5.74) is -0.0471. The Hall–Kier alpha value is 0.500. The summed E-state index contributed by atoms with van der Waals surface area (Å²) in [7, 11) is 0. The molecule has 1 heterocycles. The van der Waals surface area contributed by atoms with Gasteiger partial charge in [0.15, 0.2) is 0 Å². The first-order valence-electron chi connectivity index (χ1n) is 3.08. The zero-order valence-corrected chi connectivity index (χ0v) is 6.62. The van der Waals surface area contributed by atoms with Crippen molar-refractivity contribution in [1.29, 1.82) is 0 Å². The van der Waals surface area contributed by atoms with Gasteiger partial charge in [-0.3, -0.25) is 0 Å². The molecule has 0 radical (unpaired) electrons. The van der Waals surface area contributed by atoms with Gasteiger partial charge in [-0.2, -0.15) is 0 Å². The van der Waals surface area contributed by atoms with Gasteiger partial charge < -0.3 is 5.32 Å². The van der Waals surface area contributed by atoms with Crippen LogP contribution >= 0.6 is 23.4 Å². The Labute approximate surface area is 65.2 Å². The molecule has 1 atom stereocenters. The fraction of sp³-hybridized carbons (Fsp3) is 1.00. The second-order valence-corrected chi connectivity index (χ2v) is 3.05. The van der Waals surface area contributed by atoms with Gasteiger partial charge in [0.2, 0.25) is 0 Å². The maximum absolute atomic E-state index is 5.80. The highest BCUT2D eigenvalue weighted by molar-refractivity contribution is 6.25. The van der Waals surface area contributed by atoms with Crippen molar-refractivity contribution in [3.63, 3.8) is 0 Å². The lowest BCUT2D eigenvalue weighted by molar-refractivity contribution is 0.446. The van der Waals surface area contributed by atoms with Crippen LogP contribution in [0.25, 0.3) is 0 Å². The molecule has 1 N–H and O–H groups in total. The molecule has 1 aliphatic heterocycles. The highest BCUT2D eigenvalue weighted by Crippen LogP contribution is 2.09. The smallest absolute Gasteiger partial charge is 0.111 e. The Balaban J connectivity index is 2.32. The molecule has 0 amide bonds. The van der Waals surface area contributed by atoms with Gasteiger partial charge in [-0.1, -0.05) is 0 Å². The predicted molar refractivity (Wildman–Crippen MR) is 39.7 cm³/mol. The molecule has 1 unspecified atom stereocenters. The molecule has 1 fully saturated rings. The number of rotatable bonds is 0. The van der Waals surface area contributed by atoms with E-state index in [1.807, 2.05) is 0 Å². The van der Waals surface area contributed by atoms with Gasteiger partial charge in [-0.15, -0.1) is 11.6 Å². The maximum Gasteiger partial charge on any atom is 0.111 e. The second kappa shape index (κ2) is 3.62. The summed E-state index contributed by atoms with van der Waals surface area (Å²) < 4.78 is 1.64. The minimum absolute atomic E-state index is 0.0471. The lowest BCUT2D eigenvalue weighted by atomic mass is 10.4.